The first-order chi connectivity index (χ1) is 9.69. The molecule has 0 bridgehead atoms. The molecular formula is C10H12N6OS3. The van der Waals surface area contributed by atoms with E-state index < -0.39 is 0 Å². The molecule has 0 unspecified atom stereocenters. The Kier molecular flexibility index (Phi) is 5.56. The number of carbonyl (C=O) groups is 1. The normalized spacial score (nSPS) is 10.4. The zero-order valence-electron chi connectivity index (χ0n) is 10.6. The number of nitrogens with one attached hydrogen (secondary N) is 1. The van der Waals surface area contributed by atoms with E-state index in [1.54, 1.807) is 17.0 Å². The maximum Gasteiger partial charge on any atom is 0.236 e. The SMILES string of the molecule is C=CCSc1nnc(NC(=O)CSc2nncn2C)s1. The van der Waals surface area contributed by atoms with Gasteiger partial charge in [-0.1, -0.05) is 40.9 Å². The average molecular weight is 328 g/mol. The third-order valence-electron chi connectivity index (χ3n) is 1.98. The largest absolute Gasteiger partial charge is 0.312 e. The maximum atomic E-state index is 11.8. The van der Waals surface area contributed by atoms with Crippen LogP contribution in [0.25, 0.3) is 0 Å². The van der Waals surface area contributed by atoms with Gasteiger partial charge in [0.2, 0.25) is 11.0 Å². The Hall–Kier alpha value is -1.39. The number of aryl methyl sites for hydroxylation is 1. The molecule has 2 heterocycles. The molecular weight excluding hydrogens is 316 g/mol. The van der Waals surface area contributed by atoms with Gasteiger partial charge >= 0.3 is 0 Å². The first-order valence-corrected chi connectivity index (χ1v) is 8.31. The lowest BCUT2D eigenvalue weighted by molar-refractivity contribution is -0.113. The summed E-state index contributed by atoms with van der Waals surface area (Å²) in [5.41, 5.74) is 0. The van der Waals surface area contributed by atoms with E-state index in [0.717, 1.165) is 10.1 Å². The van der Waals surface area contributed by atoms with Crippen molar-refractivity contribution >= 4 is 45.9 Å². The highest BCUT2D eigenvalue weighted by Gasteiger charge is 2.10. The van der Waals surface area contributed by atoms with Gasteiger partial charge < -0.3 is 4.57 Å². The minimum atomic E-state index is -0.144. The first kappa shape index (κ1) is 15.0. The fourth-order valence-electron chi connectivity index (χ4n) is 1.14. The molecule has 2 rings (SSSR count). The van der Waals surface area contributed by atoms with Gasteiger partial charge in [0.05, 0.1) is 5.75 Å². The molecule has 0 aliphatic carbocycles. The Morgan fingerprint density at radius 3 is 3.05 bits per heavy atom. The second kappa shape index (κ2) is 7.41. The van der Waals surface area contributed by atoms with Crippen LogP contribution in [0, 0.1) is 0 Å². The second-order valence-corrected chi connectivity index (χ2v) is 6.72. The highest BCUT2D eigenvalue weighted by Crippen LogP contribution is 2.25. The Labute approximate surface area is 128 Å². The summed E-state index contributed by atoms with van der Waals surface area (Å²) in [5, 5.41) is 19.4. The quantitative estimate of drug-likeness (QED) is 0.470. The van der Waals surface area contributed by atoms with Crippen LogP contribution in [-0.4, -0.2) is 42.4 Å². The summed E-state index contributed by atoms with van der Waals surface area (Å²) < 4.78 is 2.56. The predicted molar refractivity (Wildman–Crippen MR) is 81.2 cm³/mol. The molecule has 0 fully saturated rings. The van der Waals surface area contributed by atoms with E-state index in [1.807, 2.05) is 7.05 Å². The van der Waals surface area contributed by atoms with E-state index >= 15 is 0 Å². The van der Waals surface area contributed by atoms with Crippen LogP contribution in [-0.2, 0) is 11.8 Å². The van der Waals surface area contributed by atoms with Gasteiger partial charge in [-0.3, -0.25) is 10.1 Å². The Balaban J connectivity index is 1.80. The summed E-state index contributed by atoms with van der Waals surface area (Å²) in [6, 6.07) is 0. The average Bonchev–Trinajstić information content (AvgIpc) is 3.03. The van der Waals surface area contributed by atoms with Crippen molar-refractivity contribution in [2.75, 3.05) is 16.8 Å². The molecule has 0 aromatic carbocycles. The highest BCUT2D eigenvalue weighted by atomic mass is 32.2. The van der Waals surface area contributed by atoms with Crippen LogP contribution in [0.15, 0.2) is 28.5 Å². The number of carbonyl (C=O) groups excluding carboxylic acids is 1. The fraction of sp³-hybridized carbons (Fsp3) is 0.300. The van der Waals surface area contributed by atoms with Gasteiger partial charge in [-0.25, -0.2) is 0 Å². The smallest absolute Gasteiger partial charge is 0.236 e. The van der Waals surface area contributed by atoms with Crippen molar-refractivity contribution in [3.8, 4) is 0 Å². The van der Waals surface area contributed by atoms with Gasteiger partial charge in [0.15, 0.2) is 9.50 Å². The number of nitrogens with zero attached hydrogens (tertiary/aromatic N) is 5. The van der Waals surface area contributed by atoms with E-state index in [9.17, 15) is 4.79 Å². The maximum absolute atomic E-state index is 11.8. The van der Waals surface area contributed by atoms with Crippen molar-refractivity contribution in [1.82, 2.24) is 25.0 Å². The number of thioether (sulfide) groups is 2. The zero-order chi connectivity index (χ0) is 14.4. The Morgan fingerprint density at radius 1 is 1.50 bits per heavy atom. The van der Waals surface area contributed by atoms with E-state index in [-0.39, 0.29) is 11.7 Å². The molecule has 20 heavy (non-hydrogen) atoms. The number of hydrogen-bond donors (Lipinski definition) is 1. The van der Waals surface area contributed by atoms with E-state index in [2.05, 4.69) is 32.3 Å². The molecule has 0 aliphatic rings. The van der Waals surface area contributed by atoms with E-state index in [0.29, 0.717) is 10.3 Å². The number of hydrogen-bond acceptors (Lipinski definition) is 8. The van der Waals surface area contributed by atoms with Gasteiger partial charge in [0.1, 0.15) is 6.33 Å². The van der Waals surface area contributed by atoms with Crippen molar-refractivity contribution in [3.63, 3.8) is 0 Å². The number of amides is 1. The molecule has 2 aromatic heterocycles. The summed E-state index contributed by atoms with van der Waals surface area (Å²) in [7, 11) is 1.83. The summed E-state index contributed by atoms with van der Waals surface area (Å²) in [6.07, 6.45) is 3.38. The third kappa shape index (κ3) is 4.32. The predicted octanol–water partition coefficient (Wildman–Crippen LogP) is 1.68. The standard InChI is InChI=1S/C10H12N6OS3/c1-3-4-18-10-15-13-8(20-10)12-7(17)5-19-9-14-11-6-16(9)2/h3,6H,1,4-5H2,2H3,(H,12,13,17). The lowest BCUT2D eigenvalue weighted by Gasteiger charge is -2.00. The minimum absolute atomic E-state index is 0.144. The van der Waals surface area contributed by atoms with Crippen molar-refractivity contribution in [2.45, 2.75) is 9.50 Å². The van der Waals surface area contributed by atoms with Crippen molar-refractivity contribution in [3.05, 3.63) is 19.0 Å². The number of aromatic nitrogens is 5. The van der Waals surface area contributed by atoms with E-state index in [1.165, 1.54) is 34.9 Å². The third-order valence-corrected chi connectivity index (χ3v) is 4.98. The molecule has 0 radical (unpaired) electrons. The van der Waals surface area contributed by atoms with Crippen molar-refractivity contribution in [2.24, 2.45) is 7.05 Å². The van der Waals surface area contributed by atoms with Crippen LogP contribution in [0.2, 0.25) is 0 Å². The first-order valence-electron chi connectivity index (χ1n) is 5.53. The molecule has 106 valence electrons. The molecule has 7 nitrogen and oxygen atoms in total. The Bertz CT molecular complexity index is 595. The lowest BCUT2D eigenvalue weighted by Crippen LogP contribution is -2.14. The van der Waals surface area contributed by atoms with Crippen LogP contribution in [0.5, 0.6) is 0 Å². The Morgan fingerprint density at radius 2 is 2.35 bits per heavy atom. The number of anilines is 1. The molecule has 2 aromatic rings. The molecule has 0 saturated carbocycles. The van der Waals surface area contributed by atoms with Crippen LogP contribution in [0.3, 0.4) is 0 Å². The van der Waals surface area contributed by atoms with Crippen molar-refractivity contribution < 1.29 is 4.79 Å². The van der Waals surface area contributed by atoms with Gasteiger partial charge in [-0.15, -0.1) is 27.0 Å². The summed E-state index contributed by atoms with van der Waals surface area (Å²) in [5.74, 6) is 0.876. The van der Waals surface area contributed by atoms with Gasteiger partial charge in [0.25, 0.3) is 0 Å². The minimum Gasteiger partial charge on any atom is -0.312 e. The van der Waals surface area contributed by atoms with Crippen LogP contribution in [0.4, 0.5) is 5.13 Å². The van der Waals surface area contributed by atoms with Crippen LogP contribution >= 0.6 is 34.9 Å². The second-order valence-electron chi connectivity index (χ2n) is 3.53. The van der Waals surface area contributed by atoms with Gasteiger partial charge in [0, 0.05) is 12.8 Å². The monoisotopic (exact) mass is 328 g/mol. The summed E-state index contributed by atoms with van der Waals surface area (Å²) >= 11 is 4.19. The van der Waals surface area contributed by atoms with Crippen LogP contribution in [0.1, 0.15) is 0 Å². The fourth-order valence-corrected chi connectivity index (χ4v) is 3.35. The number of rotatable bonds is 7. The molecule has 1 N–H and O–H groups in total. The molecule has 0 aliphatic heterocycles. The molecule has 0 saturated heterocycles. The van der Waals surface area contributed by atoms with Gasteiger partial charge in [-0.05, 0) is 0 Å². The summed E-state index contributed by atoms with van der Waals surface area (Å²) in [6.45, 7) is 3.64. The lowest BCUT2D eigenvalue weighted by atomic mass is 10.7. The zero-order valence-corrected chi connectivity index (χ0v) is 13.1. The topological polar surface area (TPSA) is 85.6 Å². The van der Waals surface area contributed by atoms with E-state index in [4.69, 9.17) is 0 Å². The highest BCUT2D eigenvalue weighted by molar-refractivity contribution is 8.01. The molecule has 0 atom stereocenters. The van der Waals surface area contributed by atoms with Crippen molar-refractivity contribution in [1.29, 1.82) is 0 Å². The molecule has 10 heteroatoms. The molecule has 0 spiro atoms. The molecule has 1 amide bonds. The summed E-state index contributed by atoms with van der Waals surface area (Å²) in [4.78, 5) is 11.8. The van der Waals surface area contributed by atoms with Gasteiger partial charge in [-0.2, -0.15) is 0 Å². The van der Waals surface area contributed by atoms with Crippen LogP contribution < -0.4 is 5.32 Å².